The Morgan fingerprint density at radius 2 is 1.63 bits per heavy atom. The van der Waals surface area contributed by atoms with Gasteiger partial charge in [-0.2, -0.15) is 0 Å². The third-order valence-corrected chi connectivity index (χ3v) is 5.52. The molecule has 0 radical (unpaired) electrons. The number of nitrogens with zero attached hydrogens (tertiary/aromatic N) is 3. The molecule has 2 aromatic carbocycles. The van der Waals surface area contributed by atoms with E-state index in [1.807, 2.05) is 55.4 Å². The topological polar surface area (TPSA) is 36.0 Å². The average Bonchev–Trinajstić information content (AvgIpc) is 2.71. The molecule has 2 atom stereocenters. The van der Waals surface area contributed by atoms with Crippen LogP contribution in [0.1, 0.15) is 25.0 Å². The molecule has 5 nitrogen and oxygen atoms in total. The van der Waals surface area contributed by atoms with Crippen molar-refractivity contribution in [3.05, 3.63) is 65.5 Å². The van der Waals surface area contributed by atoms with Crippen LogP contribution in [0.3, 0.4) is 0 Å². The number of rotatable bonds is 7. The molecular formula is C24H32FN3O2. The summed E-state index contributed by atoms with van der Waals surface area (Å²) in [6.45, 7) is 7.30. The van der Waals surface area contributed by atoms with E-state index in [1.54, 1.807) is 0 Å². The highest BCUT2D eigenvalue weighted by Gasteiger charge is 2.32. The lowest BCUT2D eigenvalue weighted by Gasteiger charge is -2.44. The molecule has 1 fully saturated rings. The molecule has 0 bridgehead atoms. The second kappa shape index (κ2) is 10.0. The highest BCUT2D eigenvalue weighted by Crippen LogP contribution is 2.19. The number of halogens is 1. The van der Waals surface area contributed by atoms with E-state index in [4.69, 9.17) is 4.74 Å². The first kappa shape index (κ1) is 22.2. The van der Waals surface area contributed by atoms with Crippen molar-refractivity contribution in [3.8, 4) is 5.75 Å². The monoisotopic (exact) mass is 413 g/mol. The lowest BCUT2D eigenvalue weighted by atomic mass is 10.1. The summed E-state index contributed by atoms with van der Waals surface area (Å²) in [6, 6.07) is 14.8. The van der Waals surface area contributed by atoms with Crippen LogP contribution in [0.15, 0.2) is 48.5 Å². The molecule has 2 aromatic rings. The maximum Gasteiger partial charge on any atom is 0.260 e. The molecule has 6 heteroatoms. The predicted molar refractivity (Wildman–Crippen MR) is 117 cm³/mol. The zero-order valence-corrected chi connectivity index (χ0v) is 18.3. The van der Waals surface area contributed by atoms with Gasteiger partial charge in [0.2, 0.25) is 0 Å². The highest BCUT2D eigenvalue weighted by molar-refractivity contribution is 5.78. The van der Waals surface area contributed by atoms with Gasteiger partial charge in [0.1, 0.15) is 11.6 Å². The van der Waals surface area contributed by atoms with Crippen LogP contribution < -0.4 is 4.74 Å². The lowest BCUT2D eigenvalue weighted by Crippen LogP contribution is -2.58. The van der Waals surface area contributed by atoms with Gasteiger partial charge >= 0.3 is 0 Å². The van der Waals surface area contributed by atoms with Gasteiger partial charge in [-0.05, 0) is 63.3 Å². The van der Waals surface area contributed by atoms with Gasteiger partial charge in [-0.3, -0.25) is 9.69 Å². The van der Waals surface area contributed by atoms with Crippen molar-refractivity contribution < 1.29 is 13.9 Å². The number of carbonyl (C=O) groups is 1. The molecule has 1 aliphatic rings. The number of ether oxygens (including phenoxy) is 1. The Labute approximate surface area is 179 Å². The van der Waals surface area contributed by atoms with E-state index in [9.17, 15) is 9.18 Å². The SMILES string of the molecule is C[C@@H]1CN(Cc2ccc(F)cc2)[C@@H](C)CN1C(=O)COc1ccc(CN(C)C)cc1. The summed E-state index contributed by atoms with van der Waals surface area (Å²) in [5.41, 5.74) is 2.29. The molecule has 3 rings (SSSR count). The first-order valence-electron chi connectivity index (χ1n) is 10.5. The molecule has 162 valence electrons. The third-order valence-electron chi connectivity index (χ3n) is 5.52. The summed E-state index contributed by atoms with van der Waals surface area (Å²) in [5, 5.41) is 0. The van der Waals surface area contributed by atoms with E-state index in [1.165, 1.54) is 17.7 Å². The van der Waals surface area contributed by atoms with Crippen LogP contribution in [-0.4, -0.2) is 66.5 Å². The smallest absolute Gasteiger partial charge is 0.260 e. The van der Waals surface area contributed by atoms with Gasteiger partial charge in [-0.1, -0.05) is 24.3 Å². The summed E-state index contributed by atoms with van der Waals surface area (Å²) >= 11 is 0. The van der Waals surface area contributed by atoms with E-state index in [-0.39, 0.29) is 30.4 Å². The third kappa shape index (κ3) is 6.03. The number of hydrogen-bond donors (Lipinski definition) is 0. The van der Waals surface area contributed by atoms with Gasteiger partial charge < -0.3 is 14.5 Å². The Morgan fingerprint density at radius 1 is 1.00 bits per heavy atom. The molecule has 1 amide bonds. The van der Waals surface area contributed by atoms with Crippen molar-refractivity contribution in [3.63, 3.8) is 0 Å². The van der Waals surface area contributed by atoms with Crippen molar-refractivity contribution in [2.45, 2.75) is 39.0 Å². The van der Waals surface area contributed by atoms with E-state index in [0.717, 1.165) is 25.2 Å². The maximum absolute atomic E-state index is 13.1. The van der Waals surface area contributed by atoms with Gasteiger partial charge in [-0.25, -0.2) is 4.39 Å². The molecule has 0 aliphatic carbocycles. The minimum absolute atomic E-state index is 0.00755. The molecular weight excluding hydrogens is 381 g/mol. The van der Waals surface area contributed by atoms with Crippen LogP contribution in [0.25, 0.3) is 0 Å². The zero-order valence-electron chi connectivity index (χ0n) is 18.3. The quantitative estimate of drug-likeness (QED) is 0.697. The van der Waals surface area contributed by atoms with Crippen LogP contribution in [0.5, 0.6) is 5.75 Å². The van der Waals surface area contributed by atoms with Gasteiger partial charge in [0.15, 0.2) is 6.61 Å². The largest absolute Gasteiger partial charge is 0.484 e. The molecule has 0 N–H and O–H groups in total. The molecule has 1 aliphatic heterocycles. The molecule has 0 saturated carbocycles. The number of benzene rings is 2. The van der Waals surface area contributed by atoms with Gasteiger partial charge in [0, 0.05) is 38.3 Å². The first-order chi connectivity index (χ1) is 14.3. The summed E-state index contributed by atoms with van der Waals surface area (Å²) in [5.74, 6) is 0.498. The number of amides is 1. The molecule has 1 saturated heterocycles. The van der Waals surface area contributed by atoms with E-state index in [2.05, 4.69) is 23.6 Å². The van der Waals surface area contributed by atoms with E-state index in [0.29, 0.717) is 12.3 Å². The molecule has 0 aromatic heterocycles. The van der Waals surface area contributed by atoms with Gasteiger partial charge in [0.05, 0.1) is 0 Å². The van der Waals surface area contributed by atoms with Crippen molar-refractivity contribution in [1.82, 2.24) is 14.7 Å². The fraction of sp³-hybridized carbons (Fsp3) is 0.458. The second-order valence-electron chi connectivity index (χ2n) is 8.47. The fourth-order valence-corrected chi connectivity index (χ4v) is 3.87. The second-order valence-corrected chi connectivity index (χ2v) is 8.47. The van der Waals surface area contributed by atoms with Crippen molar-refractivity contribution in [2.24, 2.45) is 0 Å². The predicted octanol–water partition coefficient (Wildman–Crippen LogP) is 3.39. The Hall–Kier alpha value is -2.44. The first-order valence-corrected chi connectivity index (χ1v) is 10.5. The minimum atomic E-state index is -0.220. The maximum atomic E-state index is 13.1. The fourth-order valence-electron chi connectivity index (χ4n) is 3.87. The van der Waals surface area contributed by atoms with Crippen LogP contribution in [0.4, 0.5) is 4.39 Å². The summed E-state index contributed by atoms with van der Waals surface area (Å²) in [7, 11) is 4.06. The van der Waals surface area contributed by atoms with Crippen molar-refractivity contribution in [2.75, 3.05) is 33.8 Å². The van der Waals surface area contributed by atoms with Crippen molar-refractivity contribution in [1.29, 1.82) is 0 Å². The van der Waals surface area contributed by atoms with E-state index >= 15 is 0 Å². The number of hydrogen-bond acceptors (Lipinski definition) is 4. The minimum Gasteiger partial charge on any atom is -0.484 e. The summed E-state index contributed by atoms with van der Waals surface area (Å²) < 4.78 is 18.9. The molecule has 0 unspecified atom stereocenters. The lowest BCUT2D eigenvalue weighted by molar-refractivity contribution is -0.139. The van der Waals surface area contributed by atoms with Crippen LogP contribution in [0, 0.1) is 5.82 Å². The summed E-state index contributed by atoms with van der Waals surface area (Å²) in [6.07, 6.45) is 0. The molecule has 30 heavy (non-hydrogen) atoms. The Kier molecular flexibility index (Phi) is 7.45. The number of carbonyl (C=O) groups excluding carboxylic acids is 1. The Morgan fingerprint density at radius 3 is 2.27 bits per heavy atom. The van der Waals surface area contributed by atoms with Crippen LogP contribution >= 0.6 is 0 Å². The normalized spacial score (nSPS) is 19.9. The average molecular weight is 414 g/mol. The van der Waals surface area contributed by atoms with Gasteiger partial charge in [0.25, 0.3) is 5.91 Å². The Bertz CT molecular complexity index is 823. The van der Waals surface area contributed by atoms with Gasteiger partial charge in [-0.15, -0.1) is 0 Å². The standard InChI is InChI=1S/C24H32FN3O2/c1-18-14-28(19(2)13-27(18)16-21-5-9-22(25)10-6-21)24(29)17-30-23-11-7-20(8-12-23)15-26(3)4/h5-12,18-19H,13-17H2,1-4H3/t18-,19+/m0/s1. The molecule has 0 spiro atoms. The highest BCUT2D eigenvalue weighted by atomic mass is 19.1. The van der Waals surface area contributed by atoms with Crippen LogP contribution in [0.2, 0.25) is 0 Å². The summed E-state index contributed by atoms with van der Waals surface area (Å²) in [4.78, 5) is 19.1. The Balaban J connectivity index is 1.51. The number of piperazine rings is 1. The van der Waals surface area contributed by atoms with Crippen molar-refractivity contribution >= 4 is 5.91 Å². The molecule has 1 heterocycles. The van der Waals surface area contributed by atoms with E-state index < -0.39 is 0 Å². The van der Waals surface area contributed by atoms with Crippen LogP contribution in [-0.2, 0) is 17.9 Å². The zero-order chi connectivity index (χ0) is 21.7.